The van der Waals surface area contributed by atoms with Crippen LogP contribution < -0.4 is 10.9 Å². The number of thiophene rings is 1. The lowest BCUT2D eigenvalue weighted by Gasteiger charge is -2.26. The van der Waals surface area contributed by atoms with Crippen LogP contribution in [0.15, 0.2) is 52.0 Å². The fourth-order valence-electron chi connectivity index (χ4n) is 2.16. The summed E-state index contributed by atoms with van der Waals surface area (Å²) in [5.41, 5.74) is 5.06. The molecule has 2 amide bonds. The van der Waals surface area contributed by atoms with Crippen molar-refractivity contribution in [3.05, 3.63) is 46.7 Å². The lowest BCUT2D eigenvalue weighted by molar-refractivity contribution is -0.124. The van der Waals surface area contributed by atoms with E-state index >= 15 is 0 Å². The number of fused-ring (bicyclic) bond motifs is 1. The molecular weight excluding hydrogens is 288 g/mol. The summed E-state index contributed by atoms with van der Waals surface area (Å²) >= 11 is 1.52. The van der Waals surface area contributed by atoms with Gasteiger partial charge in [0.15, 0.2) is 0 Å². The molecule has 2 N–H and O–H groups in total. The quantitative estimate of drug-likeness (QED) is 0.646. The van der Waals surface area contributed by atoms with Gasteiger partial charge in [0.1, 0.15) is 5.71 Å². The Hall–Kier alpha value is -2.54. The zero-order chi connectivity index (χ0) is 14.7. The minimum Gasteiger partial charge on any atom is -0.272 e. The lowest BCUT2D eigenvalue weighted by atomic mass is 9.83. The van der Waals surface area contributed by atoms with E-state index in [-0.39, 0.29) is 17.5 Å². The highest BCUT2D eigenvalue weighted by molar-refractivity contribution is 7.11. The van der Waals surface area contributed by atoms with Crippen molar-refractivity contribution in [3.8, 4) is 0 Å². The highest BCUT2D eigenvalue weighted by atomic mass is 32.1. The molecule has 2 atom stereocenters. The SMILES string of the molecule is O=C(N/N=C\c1cccs1)C1=NNC(=O)C2C=CC=CC12. The number of carbonyl (C=O) groups is 2. The van der Waals surface area contributed by atoms with Crippen molar-refractivity contribution in [1.29, 1.82) is 0 Å². The number of hydrogen-bond donors (Lipinski definition) is 2. The van der Waals surface area contributed by atoms with Crippen molar-refractivity contribution < 1.29 is 9.59 Å². The third kappa shape index (κ3) is 2.82. The van der Waals surface area contributed by atoms with Crippen LogP contribution in [0.3, 0.4) is 0 Å². The molecule has 6 nitrogen and oxygen atoms in total. The van der Waals surface area contributed by atoms with E-state index < -0.39 is 11.8 Å². The first-order chi connectivity index (χ1) is 10.3. The first-order valence-electron chi connectivity index (χ1n) is 6.35. The Kier molecular flexibility index (Phi) is 3.74. The largest absolute Gasteiger partial charge is 0.288 e. The summed E-state index contributed by atoms with van der Waals surface area (Å²) in [7, 11) is 0. The summed E-state index contributed by atoms with van der Waals surface area (Å²) in [6.07, 6.45) is 8.72. The molecule has 1 aliphatic heterocycles. The van der Waals surface area contributed by atoms with Gasteiger partial charge in [0.05, 0.1) is 12.1 Å². The van der Waals surface area contributed by atoms with Gasteiger partial charge in [-0.3, -0.25) is 9.59 Å². The van der Waals surface area contributed by atoms with E-state index in [9.17, 15) is 9.59 Å². The normalized spacial score (nSPS) is 23.6. The molecule has 0 saturated heterocycles. The van der Waals surface area contributed by atoms with Crippen LogP contribution in [0.4, 0.5) is 0 Å². The molecule has 1 aliphatic carbocycles. The van der Waals surface area contributed by atoms with Gasteiger partial charge in [-0.2, -0.15) is 10.2 Å². The molecule has 0 fully saturated rings. The molecule has 1 aromatic rings. The maximum Gasteiger partial charge on any atom is 0.288 e. The second kappa shape index (κ2) is 5.84. The maximum atomic E-state index is 12.1. The van der Waals surface area contributed by atoms with Gasteiger partial charge in [0.25, 0.3) is 5.91 Å². The van der Waals surface area contributed by atoms with Crippen molar-refractivity contribution >= 4 is 35.1 Å². The summed E-state index contributed by atoms with van der Waals surface area (Å²) in [6, 6.07) is 3.79. The van der Waals surface area contributed by atoms with Crippen LogP contribution in [0.1, 0.15) is 4.88 Å². The molecule has 0 bridgehead atoms. The zero-order valence-electron chi connectivity index (χ0n) is 10.9. The molecule has 0 radical (unpaired) electrons. The van der Waals surface area contributed by atoms with E-state index in [1.807, 2.05) is 17.5 Å². The van der Waals surface area contributed by atoms with Gasteiger partial charge in [-0.05, 0) is 11.4 Å². The number of hydrazone groups is 2. The minimum absolute atomic E-state index is 0.209. The van der Waals surface area contributed by atoms with E-state index in [2.05, 4.69) is 21.1 Å². The Morgan fingerprint density at radius 3 is 2.95 bits per heavy atom. The lowest BCUT2D eigenvalue weighted by Crippen LogP contribution is -2.46. The third-order valence-corrected chi connectivity index (χ3v) is 3.98. The second-order valence-corrected chi connectivity index (χ2v) is 5.49. The molecule has 106 valence electrons. The van der Waals surface area contributed by atoms with Crippen LogP contribution >= 0.6 is 11.3 Å². The first-order valence-corrected chi connectivity index (χ1v) is 7.23. The van der Waals surface area contributed by atoms with E-state index in [1.165, 1.54) is 11.3 Å². The summed E-state index contributed by atoms with van der Waals surface area (Å²) in [5, 5.41) is 9.68. The Bertz CT molecular complexity index is 673. The summed E-state index contributed by atoms with van der Waals surface area (Å²) in [4.78, 5) is 24.8. The molecular formula is C14H12N4O2S. The van der Waals surface area contributed by atoms with Gasteiger partial charge < -0.3 is 0 Å². The Morgan fingerprint density at radius 1 is 1.38 bits per heavy atom. The number of carbonyl (C=O) groups excluding carboxylic acids is 2. The van der Waals surface area contributed by atoms with E-state index in [0.717, 1.165) is 4.88 Å². The first kappa shape index (κ1) is 13.4. The summed E-state index contributed by atoms with van der Waals surface area (Å²) in [5.74, 6) is -1.37. The fourth-order valence-corrected chi connectivity index (χ4v) is 2.75. The number of rotatable bonds is 3. The monoisotopic (exact) mass is 300 g/mol. The number of nitrogens with one attached hydrogen (secondary N) is 2. The molecule has 2 heterocycles. The van der Waals surface area contributed by atoms with Crippen LogP contribution in [0.2, 0.25) is 0 Å². The smallest absolute Gasteiger partial charge is 0.272 e. The average molecular weight is 300 g/mol. The van der Waals surface area contributed by atoms with Crippen LogP contribution in [0.25, 0.3) is 0 Å². The Balaban J connectivity index is 1.71. The molecule has 0 spiro atoms. The van der Waals surface area contributed by atoms with Gasteiger partial charge in [0.2, 0.25) is 5.91 Å². The molecule has 21 heavy (non-hydrogen) atoms. The Labute approximate surface area is 124 Å². The fraction of sp³-hybridized carbons (Fsp3) is 0.143. The van der Waals surface area contributed by atoms with Gasteiger partial charge in [0, 0.05) is 10.8 Å². The zero-order valence-corrected chi connectivity index (χ0v) is 11.7. The highest BCUT2D eigenvalue weighted by Gasteiger charge is 2.36. The highest BCUT2D eigenvalue weighted by Crippen LogP contribution is 2.24. The van der Waals surface area contributed by atoms with Crippen molar-refractivity contribution in [2.75, 3.05) is 0 Å². The van der Waals surface area contributed by atoms with Gasteiger partial charge in [-0.15, -0.1) is 11.3 Å². The molecule has 7 heteroatoms. The van der Waals surface area contributed by atoms with Crippen molar-refractivity contribution in [2.24, 2.45) is 22.0 Å². The minimum atomic E-state index is -0.419. The number of hydrogen-bond acceptors (Lipinski definition) is 5. The van der Waals surface area contributed by atoms with Crippen molar-refractivity contribution in [2.45, 2.75) is 0 Å². The summed E-state index contributed by atoms with van der Waals surface area (Å²) in [6.45, 7) is 0. The van der Waals surface area contributed by atoms with E-state index in [4.69, 9.17) is 0 Å². The van der Waals surface area contributed by atoms with Gasteiger partial charge >= 0.3 is 0 Å². The number of allylic oxidation sites excluding steroid dienone is 3. The van der Waals surface area contributed by atoms with Crippen LogP contribution in [0.5, 0.6) is 0 Å². The van der Waals surface area contributed by atoms with Crippen LogP contribution in [-0.4, -0.2) is 23.7 Å². The van der Waals surface area contributed by atoms with Gasteiger partial charge in [-0.25, -0.2) is 10.9 Å². The van der Waals surface area contributed by atoms with Crippen LogP contribution in [0, 0.1) is 11.8 Å². The Morgan fingerprint density at radius 2 is 2.19 bits per heavy atom. The predicted octanol–water partition coefficient (Wildman–Crippen LogP) is 1.04. The topological polar surface area (TPSA) is 82.9 Å². The van der Waals surface area contributed by atoms with Crippen LogP contribution in [-0.2, 0) is 9.59 Å². The summed E-state index contributed by atoms with van der Waals surface area (Å²) < 4.78 is 0. The maximum absolute atomic E-state index is 12.1. The molecule has 0 aromatic carbocycles. The third-order valence-electron chi connectivity index (χ3n) is 3.17. The van der Waals surface area contributed by atoms with Crippen molar-refractivity contribution in [1.82, 2.24) is 10.9 Å². The molecule has 1 aromatic heterocycles. The van der Waals surface area contributed by atoms with E-state index in [0.29, 0.717) is 0 Å². The molecule has 2 unspecified atom stereocenters. The average Bonchev–Trinajstić information content (AvgIpc) is 3.01. The predicted molar refractivity (Wildman–Crippen MR) is 80.9 cm³/mol. The number of nitrogens with zero attached hydrogens (tertiary/aromatic N) is 2. The second-order valence-electron chi connectivity index (χ2n) is 4.51. The van der Waals surface area contributed by atoms with E-state index in [1.54, 1.807) is 30.5 Å². The van der Waals surface area contributed by atoms with Crippen molar-refractivity contribution in [3.63, 3.8) is 0 Å². The molecule has 2 aliphatic rings. The van der Waals surface area contributed by atoms with Gasteiger partial charge in [-0.1, -0.05) is 30.4 Å². The molecule has 3 rings (SSSR count). The number of amides is 2. The molecule has 0 saturated carbocycles. The standard InChI is InChI=1S/C14H12N4O2S/c19-13-11-6-2-1-5-10(11)12(16-18-13)14(20)17-15-8-9-4-3-7-21-9/h1-8,10-11H,(H,17,20)(H,18,19)/b15-8-.